The van der Waals surface area contributed by atoms with E-state index >= 15 is 0 Å². The Balaban J connectivity index is 1.18. The Kier molecular flexibility index (Phi) is 13.5. The summed E-state index contributed by atoms with van der Waals surface area (Å²) in [5, 5.41) is 4.23. The molecule has 0 bridgehead atoms. The highest BCUT2D eigenvalue weighted by Gasteiger charge is 2.41. The van der Waals surface area contributed by atoms with E-state index in [2.05, 4.69) is 257 Å². The summed E-state index contributed by atoms with van der Waals surface area (Å²) in [5.74, 6) is 0.683. The number of aromatic amines is 1. The predicted octanol–water partition coefficient (Wildman–Crippen LogP) is 15.8. The maximum Gasteiger partial charge on any atom is 0.192 e. The summed E-state index contributed by atoms with van der Waals surface area (Å²) in [6.07, 6.45) is 12.6. The molecule has 0 amide bonds. The molecule has 0 fully saturated rings. The van der Waals surface area contributed by atoms with Crippen molar-refractivity contribution in [1.29, 1.82) is 0 Å². The van der Waals surface area contributed by atoms with Crippen LogP contribution in [0.15, 0.2) is 158 Å². The van der Waals surface area contributed by atoms with Gasteiger partial charge in [-0.1, -0.05) is 208 Å². The van der Waals surface area contributed by atoms with Crippen LogP contribution in [0.25, 0.3) is 28.9 Å². The van der Waals surface area contributed by atoms with Crippen LogP contribution in [0.1, 0.15) is 136 Å². The fourth-order valence-electron chi connectivity index (χ4n) is 12.6. The fraction of sp³-hybridized carbons (Fsp3) is 0.275. The largest absolute Gasteiger partial charge is 0.378 e. The summed E-state index contributed by atoms with van der Waals surface area (Å²) in [7, 11) is 2.52. The first-order valence-corrected chi connectivity index (χ1v) is 26.6. The van der Waals surface area contributed by atoms with E-state index in [1.807, 2.05) is 0 Å². The SMILES string of the molecule is Cc1ccccc1-c1cc(C)c([B]c2cccc(C(c3ccccc3)(c3ccccc3)c3ccccc3C)c2C)c(C2=Cc3[nH]c4c(c3CC2Nc2ccc(C(C)(C)CCC(C)C)c(C)c2)C=CCC4)c1C. The zero-order valence-corrected chi connectivity index (χ0v) is 44.4. The Morgan fingerprint density at radius 2 is 1.31 bits per heavy atom. The molecule has 2 nitrogen and oxygen atoms in total. The van der Waals surface area contributed by atoms with Gasteiger partial charge in [-0.15, -0.1) is 0 Å². The molecule has 10 rings (SSSR count). The van der Waals surface area contributed by atoms with Gasteiger partial charge in [-0.25, -0.2) is 0 Å². The van der Waals surface area contributed by atoms with Gasteiger partial charge in [-0.05, 0) is 180 Å². The first-order valence-electron chi connectivity index (χ1n) is 26.6. The second kappa shape index (κ2) is 20.0. The van der Waals surface area contributed by atoms with Gasteiger partial charge >= 0.3 is 0 Å². The molecule has 0 saturated heterocycles. The number of aryl methyl sites for hydroxylation is 5. The normalized spacial score (nSPS) is 14.5. The molecule has 72 heavy (non-hydrogen) atoms. The molecular weight excluding hydrogens is 868 g/mol. The van der Waals surface area contributed by atoms with E-state index in [-0.39, 0.29) is 11.5 Å². The van der Waals surface area contributed by atoms with Gasteiger partial charge in [-0.2, -0.15) is 0 Å². The third kappa shape index (κ3) is 8.95. The molecule has 361 valence electrons. The van der Waals surface area contributed by atoms with Gasteiger partial charge in [0.1, 0.15) is 0 Å². The molecule has 8 aromatic rings. The quantitative estimate of drug-likeness (QED) is 0.0825. The van der Waals surface area contributed by atoms with Gasteiger partial charge in [0.2, 0.25) is 0 Å². The molecular formula is C69H72BN2. The van der Waals surface area contributed by atoms with Gasteiger partial charge in [0.25, 0.3) is 0 Å². The molecule has 1 heterocycles. The van der Waals surface area contributed by atoms with Crippen LogP contribution in [0.5, 0.6) is 0 Å². The van der Waals surface area contributed by atoms with E-state index in [9.17, 15) is 0 Å². The van der Waals surface area contributed by atoms with Crippen molar-refractivity contribution in [2.75, 3.05) is 5.32 Å². The Bertz CT molecular complexity index is 3300. The number of anilines is 1. The molecule has 1 unspecified atom stereocenters. The van der Waals surface area contributed by atoms with E-state index in [0.717, 1.165) is 19.3 Å². The van der Waals surface area contributed by atoms with Crippen molar-refractivity contribution in [3.63, 3.8) is 0 Å². The van der Waals surface area contributed by atoms with Gasteiger partial charge in [-0.3, -0.25) is 0 Å². The van der Waals surface area contributed by atoms with Crippen molar-refractivity contribution in [1.82, 2.24) is 4.98 Å². The number of allylic oxidation sites excluding steroid dienone is 1. The number of benzene rings is 7. The first kappa shape index (κ1) is 48.8. The van der Waals surface area contributed by atoms with Gasteiger partial charge in [0.15, 0.2) is 7.28 Å². The summed E-state index contributed by atoms with van der Waals surface area (Å²) in [5.41, 5.74) is 28.0. The van der Waals surface area contributed by atoms with E-state index in [4.69, 9.17) is 0 Å². The standard InChI is InChI=1S/C69H72BN2/c1-44(2)38-39-68(9,10)59-37-36-53(40-47(59)5)71-65-42-57-55-31-20-22-35-63(55)72-64(57)43-58(65)66-49(7)56(54-30-19-17-24-45(54)3)41-48(6)67(66)70-62-34-23-33-61(50(62)8)69(51-26-13-11-14-27-51,52-28-15-12-16-29-52)60-32-21-18-25-46(60)4/h11-21,23-34,36-37,40-41,43-44,65,71-72H,22,35,38-39,42H2,1-10H3. The average molecular weight is 940 g/mol. The summed E-state index contributed by atoms with van der Waals surface area (Å²) >= 11 is 0. The van der Waals surface area contributed by atoms with E-state index < -0.39 is 5.41 Å². The first-order chi connectivity index (χ1) is 34.8. The zero-order valence-electron chi connectivity index (χ0n) is 44.4. The highest BCUT2D eigenvalue weighted by Crippen LogP contribution is 2.48. The Hall–Kier alpha value is -6.84. The van der Waals surface area contributed by atoms with Gasteiger partial charge < -0.3 is 10.3 Å². The molecule has 2 N–H and O–H groups in total. The molecule has 1 radical (unpaired) electrons. The maximum absolute atomic E-state index is 4.23. The summed E-state index contributed by atoms with van der Waals surface area (Å²) in [4.78, 5) is 3.97. The highest BCUT2D eigenvalue weighted by molar-refractivity contribution is 6.69. The number of hydrogen-bond donors (Lipinski definition) is 2. The zero-order chi connectivity index (χ0) is 50.3. The second-order valence-corrected chi connectivity index (χ2v) is 22.1. The minimum atomic E-state index is -0.569. The molecule has 7 aromatic carbocycles. The Morgan fingerprint density at radius 3 is 1.99 bits per heavy atom. The average Bonchev–Trinajstić information content (AvgIpc) is 3.74. The van der Waals surface area contributed by atoms with Crippen LogP contribution in [0.4, 0.5) is 5.69 Å². The minimum Gasteiger partial charge on any atom is -0.378 e. The molecule has 3 heteroatoms. The smallest absolute Gasteiger partial charge is 0.192 e. The molecule has 0 aliphatic heterocycles. The predicted molar refractivity (Wildman–Crippen MR) is 311 cm³/mol. The Labute approximate surface area is 432 Å². The van der Waals surface area contributed by atoms with Crippen molar-refractivity contribution in [2.45, 2.75) is 118 Å². The lowest BCUT2D eigenvalue weighted by Crippen LogP contribution is -2.39. The van der Waals surface area contributed by atoms with Crippen LogP contribution < -0.4 is 16.2 Å². The maximum atomic E-state index is 4.23. The lowest BCUT2D eigenvalue weighted by molar-refractivity contribution is 0.413. The number of H-pyrrole nitrogens is 1. The molecule has 1 aromatic heterocycles. The lowest BCUT2D eigenvalue weighted by atomic mass is 9.55. The number of fused-ring (bicyclic) bond motifs is 3. The van der Waals surface area contributed by atoms with Crippen LogP contribution in [0, 0.1) is 47.5 Å². The van der Waals surface area contributed by atoms with Crippen molar-refractivity contribution in [2.24, 2.45) is 5.92 Å². The van der Waals surface area contributed by atoms with Crippen molar-refractivity contribution in [3.05, 3.63) is 247 Å². The molecule has 2 aliphatic rings. The van der Waals surface area contributed by atoms with Crippen LogP contribution in [-0.4, -0.2) is 18.3 Å². The topological polar surface area (TPSA) is 27.8 Å². The number of nitrogens with one attached hydrogen (secondary N) is 2. The number of hydrogen-bond acceptors (Lipinski definition) is 1. The van der Waals surface area contributed by atoms with Gasteiger partial charge in [0.05, 0.1) is 11.5 Å². The lowest BCUT2D eigenvalue weighted by Gasteiger charge is -2.39. The van der Waals surface area contributed by atoms with E-state index in [1.54, 1.807) is 0 Å². The number of aromatic nitrogens is 1. The molecule has 0 saturated carbocycles. The number of rotatable bonds is 14. The molecule has 1 atom stereocenters. The Morgan fingerprint density at radius 1 is 0.639 bits per heavy atom. The van der Waals surface area contributed by atoms with Crippen LogP contribution in [-0.2, 0) is 23.7 Å². The minimum absolute atomic E-state index is 0.0154. The highest BCUT2D eigenvalue weighted by atomic mass is 14.9. The van der Waals surface area contributed by atoms with E-state index in [1.165, 1.54) is 135 Å². The third-order valence-electron chi connectivity index (χ3n) is 16.4. The van der Waals surface area contributed by atoms with Crippen LogP contribution in [0.3, 0.4) is 0 Å². The summed E-state index contributed by atoms with van der Waals surface area (Å²) in [6.45, 7) is 23.4. The van der Waals surface area contributed by atoms with Crippen molar-refractivity contribution in [3.8, 4) is 11.1 Å². The van der Waals surface area contributed by atoms with Crippen LogP contribution in [0.2, 0.25) is 0 Å². The van der Waals surface area contributed by atoms with Gasteiger partial charge in [0, 0.05) is 17.1 Å². The molecule has 0 spiro atoms. The molecule has 2 aliphatic carbocycles. The van der Waals surface area contributed by atoms with Crippen LogP contribution >= 0.6 is 0 Å². The fourth-order valence-corrected chi connectivity index (χ4v) is 12.6. The summed E-state index contributed by atoms with van der Waals surface area (Å²) in [6, 6.07) is 56.9. The van der Waals surface area contributed by atoms with E-state index in [0.29, 0.717) is 5.92 Å². The monoisotopic (exact) mass is 940 g/mol. The summed E-state index contributed by atoms with van der Waals surface area (Å²) < 4.78 is 0. The third-order valence-corrected chi connectivity index (χ3v) is 16.4. The van der Waals surface area contributed by atoms with Crippen molar-refractivity contribution >= 4 is 41.6 Å². The van der Waals surface area contributed by atoms with Crippen molar-refractivity contribution < 1.29 is 0 Å². The second-order valence-electron chi connectivity index (χ2n) is 22.1.